The summed E-state index contributed by atoms with van der Waals surface area (Å²) in [6, 6.07) is 11.9. The van der Waals surface area contributed by atoms with Crippen LogP contribution < -0.4 is 14.8 Å². The van der Waals surface area contributed by atoms with Gasteiger partial charge in [0.05, 0.1) is 35.1 Å². The molecule has 0 radical (unpaired) electrons. The highest BCUT2D eigenvalue weighted by Gasteiger charge is 2.18. The van der Waals surface area contributed by atoms with Crippen molar-refractivity contribution in [2.24, 2.45) is 0 Å². The zero-order chi connectivity index (χ0) is 21.9. The number of aryl methyl sites for hydroxylation is 3. The molecule has 7 nitrogen and oxygen atoms in total. The SMILES string of the molecule is COc1ccc(C)cc1NC(=O)c1cncc(NS(=O)(=O)c2ccc(C)cc2C)c1. The van der Waals surface area contributed by atoms with Gasteiger partial charge in [0.15, 0.2) is 0 Å². The molecule has 0 aliphatic rings. The van der Waals surface area contributed by atoms with Crippen LogP contribution in [0.5, 0.6) is 5.75 Å². The van der Waals surface area contributed by atoms with E-state index in [1.54, 1.807) is 37.3 Å². The molecule has 30 heavy (non-hydrogen) atoms. The first-order valence-corrected chi connectivity index (χ1v) is 10.7. The molecular formula is C22H23N3O4S. The van der Waals surface area contributed by atoms with Crippen molar-refractivity contribution in [2.75, 3.05) is 17.1 Å². The van der Waals surface area contributed by atoms with Gasteiger partial charge in [0.1, 0.15) is 5.75 Å². The van der Waals surface area contributed by atoms with Crippen LogP contribution in [0.15, 0.2) is 59.8 Å². The second-order valence-electron chi connectivity index (χ2n) is 6.99. The number of pyridine rings is 1. The van der Waals surface area contributed by atoms with Crippen LogP contribution in [0.1, 0.15) is 27.0 Å². The van der Waals surface area contributed by atoms with Crippen LogP contribution in [0.3, 0.4) is 0 Å². The number of hydrogen-bond acceptors (Lipinski definition) is 5. The molecule has 1 amide bonds. The minimum atomic E-state index is -3.82. The fourth-order valence-electron chi connectivity index (χ4n) is 3.04. The van der Waals surface area contributed by atoms with Crippen molar-refractivity contribution in [2.45, 2.75) is 25.7 Å². The van der Waals surface area contributed by atoms with E-state index < -0.39 is 15.9 Å². The first kappa shape index (κ1) is 21.3. The molecule has 0 unspecified atom stereocenters. The largest absolute Gasteiger partial charge is 0.495 e. The highest BCUT2D eigenvalue weighted by molar-refractivity contribution is 7.92. The van der Waals surface area contributed by atoms with Crippen molar-refractivity contribution < 1.29 is 17.9 Å². The number of methoxy groups -OCH3 is 1. The first-order chi connectivity index (χ1) is 14.2. The molecule has 0 spiro atoms. The van der Waals surface area contributed by atoms with Gasteiger partial charge in [-0.2, -0.15) is 0 Å². The fraction of sp³-hybridized carbons (Fsp3) is 0.182. The van der Waals surface area contributed by atoms with E-state index in [9.17, 15) is 13.2 Å². The fourth-order valence-corrected chi connectivity index (χ4v) is 4.31. The van der Waals surface area contributed by atoms with Gasteiger partial charge in [-0.15, -0.1) is 0 Å². The molecule has 0 saturated heterocycles. The van der Waals surface area contributed by atoms with E-state index in [2.05, 4.69) is 15.0 Å². The van der Waals surface area contributed by atoms with E-state index in [0.29, 0.717) is 17.0 Å². The number of anilines is 2. The van der Waals surface area contributed by atoms with Crippen molar-refractivity contribution >= 4 is 27.3 Å². The third-order valence-corrected chi connectivity index (χ3v) is 6.02. The molecule has 1 aromatic heterocycles. The predicted octanol–water partition coefficient (Wildman–Crippen LogP) is 4.07. The smallest absolute Gasteiger partial charge is 0.262 e. The van der Waals surface area contributed by atoms with Crippen LogP contribution in [-0.4, -0.2) is 26.4 Å². The van der Waals surface area contributed by atoms with Gasteiger partial charge in [0.25, 0.3) is 15.9 Å². The molecule has 3 aromatic rings. The molecule has 3 rings (SSSR count). The first-order valence-electron chi connectivity index (χ1n) is 9.21. The van der Waals surface area contributed by atoms with Gasteiger partial charge in [-0.05, 0) is 56.2 Å². The summed E-state index contributed by atoms with van der Waals surface area (Å²) in [5, 5.41) is 2.77. The van der Waals surface area contributed by atoms with Crippen LogP contribution in [0, 0.1) is 20.8 Å². The van der Waals surface area contributed by atoms with E-state index in [4.69, 9.17) is 4.74 Å². The maximum absolute atomic E-state index is 12.8. The van der Waals surface area contributed by atoms with Crippen molar-refractivity contribution in [3.8, 4) is 5.75 Å². The molecule has 0 fully saturated rings. The molecule has 0 aliphatic carbocycles. The highest BCUT2D eigenvalue weighted by Crippen LogP contribution is 2.26. The van der Waals surface area contributed by atoms with E-state index in [0.717, 1.165) is 11.1 Å². The minimum absolute atomic E-state index is 0.174. The lowest BCUT2D eigenvalue weighted by Gasteiger charge is -2.13. The zero-order valence-corrected chi connectivity index (χ0v) is 18.0. The van der Waals surface area contributed by atoms with Crippen molar-refractivity contribution in [3.05, 3.63) is 77.1 Å². The molecule has 2 aromatic carbocycles. The lowest BCUT2D eigenvalue weighted by Crippen LogP contribution is -2.16. The molecule has 0 bridgehead atoms. The second-order valence-corrected chi connectivity index (χ2v) is 8.65. The van der Waals surface area contributed by atoms with Gasteiger partial charge in [-0.25, -0.2) is 8.42 Å². The molecule has 2 N–H and O–H groups in total. The number of nitrogens with one attached hydrogen (secondary N) is 2. The van der Waals surface area contributed by atoms with E-state index in [-0.39, 0.29) is 16.1 Å². The third-order valence-electron chi connectivity index (χ3n) is 4.48. The van der Waals surface area contributed by atoms with Gasteiger partial charge in [-0.1, -0.05) is 23.8 Å². The number of nitrogens with zero attached hydrogens (tertiary/aromatic N) is 1. The quantitative estimate of drug-likeness (QED) is 0.620. The van der Waals surface area contributed by atoms with Crippen molar-refractivity contribution in [1.82, 2.24) is 4.98 Å². The second kappa shape index (κ2) is 8.54. The summed E-state index contributed by atoms with van der Waals surface area (Å²) >= 11 is 0. The van der Waals surface area contributed by atoms with Crippen LogP contribution in [0.4, 0.5) is 11.4 Å². The average Bonchev–Trinajstić information content (AvgIpc) is 2.67. The number of sulfonamides is 1. The Hall–Kier alpha value is -3.39. The van der Waals surface area contributed by atoms with E-state index in [1.165, 1.54) is 25.6 Å². The number of hydrogen-bond donors (Lipinski definition) is 2. The summed E-state index contributed by atoms with van der Waals surface area (Å²) in [6.45, 7) is 5.53. The predicted molar refractivity (Wildman–Crippen MR) is 117 cm³/mol. The Morgan fingerprint density at radius 1 is 0.967 bits per heavy atom. The molecule has 1 heterocycles. The van der Waals surface area contributed by atoms with Gasteiger partial charge < -0.3 is 10.1 Å². The lowest BCUT2D eigenvalue weighted by atomic mass is 10.2. The van der Waals surface area contributed by atoms with Gasteiger partial charge in [-0.3, -0.25) is 14.5 Å². The zero-order valence-electron chi connectivity index (χ0n) is 17.2. The summed E-state index contributed by atoms with van der Waals surface area (Å²) in [5.74, 6) is 0.0903. The minimum Gasteiger partial charge on any atom is -0.495 e. The summed E-state index contributed by atoms with van der Waals surface area (Å²) in [6.07, 6.45) is 2.72. The molecular weight excluding hydrogens is 402 g/mol. The Morgan fingerprint density at radius 2 is 1.67 bits per heavy atom. The summed E-state index contributed by atoms with van der Waals surface area (Å²) < 4.78 is 33.3. The summed E-state index contributed by atoms with van der Waals surface area (Å²) in [5.41, 5.74) is 3.48. The topological polar surface area (TPSA) is 97.4 Å². The maximum atomic E-state index is 12.8. The van der Waals surface area contributed by atoms with Crippen molar-refractivity contribution in [3.63, 3.8) is 0 Å². The Balaban J connectivity index is 1.84. The number of aromatic nitrogens is 1. The number of carbonyl (C=O) groups excluding carboxylic acids is 1. The van der Waals surface area contributed by atoms with Gasteiger partial charge in [0, 0.05) is 6.20 Å². The Bertz CT molecular complexity index is 1210. The van der Waals surface area contributed by atoms with Crippen LogP contribution in [0.25, 0.3) is 0 Å². The normalized spacial score (nSPS) is 11.1. The molecule has 156 valence electrons. The standard InChI is InChI=1S/C22H23N3O4S/c1-14-6-8-21(16(3)9-14)30(27,28)25-18-11-17(12-23-13-18)22(26)24-19-10-15(2)5-7-20(19)29-4/h5-13,25H,1-4H3,(H,24,26). The van der Waals surface area contributed by atoms with Gasteiger partial charge >= 0.3 is 0 Å². The van der Waals surface area contributed by atoms with Crippen LogP contribution >= 0.6 is 0 Å². The highest BCUT2D eigenvalue weighted by atomic mass is 32.2. The maximum Gasteiger partial charge on any atom is 0.262 e. The van der Waals surface area contributed by atoms with Crippen LogP contribution in [0.2, 0.25) is 0 Å². The summed E-state index contributed by atoms with van der Waals surface area (Å²) in [4.78, 5) is 16.9. The molecule has 0 aliphatic heterocycles. The van der Waals surface area contributed by atoms with E-state index >= 15 is 0 Å². The molecule has 0 saturated carbocycles. The van der Waals surface area contributed by atoms with Crippen LogP contribution in [-0.2, 0) is 10.0 Å². The Labute approximate surface area is 176 Å². The number of carbonyl (C=O) groups is 1. The van der Waals surface area contributed by atoms with E-state index in [1.807, 2.05) is 19.9 Å². The number of benzene rings is 2. The Kier molecular flexibility index (Phi) is 6.07. The number of ether oxygens (including phenoxy) is 1. The third kappa shape index (κ3) is 4.77. The number of rotatable bonds is 6. The molecule has 8 heteroatoms. The summed E-state index contributed by atoms with van der Waals surface area (Å²) in [7, 11) is -2.30. The van der Waals surface area contributed by atoms with Crippen molar-refractivity contribution in [1.29, 1.82) is 0 Å². The number of amides is 1. The lowest BCUT2D eigenvalue weighted by molar-refractivity contribution is 0.102. The Morgan fingerprint density at radius 3 is 2.37 bits per heavy atom. The average molecular weight is 426 g/mol. The van der Waals surface area contributed by atoms with Gasteiger partial charge in [0.2, 0.25) is 0 Å². The monoisotopic (exact) mass is 425 g/mol. The molecule has 0 atom stereocenters.